The zero-order chi connectivity index (χ0) is 12.3. The van der Waals surface area contributed by atoms with Crippen molar-refractivity contribution in [2.24, 2.45) is 5.73 Å². The van der Waals surface area contributed by atoms with Crippen molar-refractivity contribution in [3.05, 3.63) is 53.5 Å². The van der Waals surface area contributed by atoms with E-state index in [2.05, 4.69) is 0 Å². The summed E-state index contributed by atoms with van der Waals surface area (Å²) in [5.41, 5.74) is 7.43. The van der Waals surface area contributed by atoms with Gasteiger partial charge < -0.3 is 10.2 Å². The number of furan rings is 1. The van der Waals surface area contributed by atoms with Gasteiger partial charge in [-0.2, -0.15) is 0 Å². The van der Waals surface area contributed by atoms with E-state index in [4.69, 9.17) is 15.6 Å². The highest BCUT2D eigenvalue weighted by Crippen LogP contribution is 2.27. The summed E-state index contributed by atoms with van der Waals surface area (Å²) in [6, 6.07) is 9.69. The van der Waals surface area contributed by atoms with Gasteiger partial charge in [0.05, 0.1) is 6.26 Å². The number of hydrogen-bond acceptors (Lipinski definition) is 3. The Morgan fingerprint density at radius 1 is 1.35 bits per heavy atom. The van der Waals surface area contributed by atoms with Gasteiger partial charge in [-0.25, -0.2) is 0 Å². The van der Waals surface area contributed by atoms with Gasteiger partial charge in [0.1, 0.15) is 11.6 Å². The van der Waals surface area contributed by atoms with Crippen LogP contribution in [0.2, 0.25) is 0 Å². The molecular formula is C13H14N2OS. The normalized spacial score (nSPS) is 10.4. The van der Waals surface area contributed by atoms with Gasteiger partial charge in [-0.05, 0) is 18.6 Å². The predicted molar refractivity (Wildman–Crippen MR) is 70.5 cm³/mol. The molecule has 0 amide bonds. The van der Waals surface area contributed by atoms with Crippen LogP contribution in [-0.2, 0) is 5.75 Å². The molecular weight excluding hydrogens is 232 g/mol. The summed E-state index contributed by atoms with van der Waals surface area (Å²) in [6.45, 7) is 1.94. The monoisotopic (exact) mass is 246 g/mol. The van der Waals surface area contributed by atoms with E-state index in [1.165, 1.54) is 0 Å². The van der Waals surface area contributed by atoms with Crippen LogP contribution in [0.1, 0.15) is 16.9 Å². The summed E-state index contributed by atoms with van der Waals surface area (Å²) >= 11 is 1.69. The zero-order valence-electron chi connectivity index (χ0n) is 9.57. The number of benzene rings is 1. The average molecular weight is 246 g/mol. The molecule has 0 saturated carbocycles. The van der Waals surface area contributed by atoms with Crippen molar-refractivity contribution in [2.75, 3.05) is 0 Å². The van der Waals surface area contributed by atoms with Crippen LogP contribution in [-0.4, -0.2) is 5.84 Å². The van der Waals surface area contributed by atoms with Crippen molar-refractivity contribution in [1.82, 2.24) is 0 Å². The van der Waals surface area contributed by atoms with E-state index in [0.29, 0.717) is 0 Å². The van der Waals surface area contributed by atoms with Gasteiger partial charge in [0, 0.05) is 16.2 Å². The number of hydrogen-bond donors (Lipinski definition) is 2. The Balaban J connectivity index is 2.14. The fourth-order valence-electron chi connectivity index (χ4n) is 1.59. The number of aryl methyl sites for hydroxylation is 1. The van der Waals surface area contributed by atoms with Crippen LogP contribution >= 0.6 is 11.8 Å². The first kappa shape index (κ1) is 11.8. The maximum atomic E-state index is 7.52. The molecule has 0 aliphatic heterocycles. The number of thioether (sulfide) groups is 1. The van der Waals surface area contributed by atoms with Crippen molar-refractivity contribution in [2.45, 2.75) is 17.6 Å². The van der Waals surface area contributed by atoms with Crippen molar-refractivity contribution in [3.8, 4) is 0 Å². The molecule has 0 spiro atoms. The predicted octanol–water partition coefficient (Wildman–Crippen LogP) is 3.16. The van der Waals surface area contributed by atoms with Crippen LogP contribution in [0.15, 0.2) is 45.9 Å². The first-order chi connectivity index (χ1) is 8.18. The Bertz CT molecular complexity index is 534. The van der Waals surface area contributed by atoms with E-state index in [-0.39, 0.29) is 5.84 Å². The largest absolute Gasteiger partial charge is 0.468 e. The van der Waals surface area contributed by atoms with Crippen LogP contribution in [0.5, 0.6) is 0 Å². The Hall–Kier alpha value is -1.68. The minimum absolute atomic E-state index is 0.116. The van der Waals surface area contributed by atoms with Gasteiger partial charge in [0.25, 0.3) is 0 Å². The van der Waals surface area contributed by atoms with Crippen LogP contribution < -0.4 is 5.73 Å². The third-order valence-electron chi connectivity index (χ3n) is 2.50. The molecule has 0 fully saturated rings. The van der Waals surface area contributed by atoms with Gasteiger partial charge in [0.15, 0.2) is 0 Å². The minimum Gasteiger partial charge on any atom is -0.468 e. The molecule has 0 aliphatic rings. The Morgan fingerprint density at radius 3 is 2.76 bits per heavy atom. The molecule has 0 aliphatic carbocycles. The van der Waals surface area contributed by atoms with E-state index < -0.39 is 0 Å². The third-order valence-corrected chi connectivity index (χ3v) is 3.69. The number of nitrogens with one attached hydrogen (secondary N) is 1. The van der Waals surface area contributed by atoms with Crippen molar-refractivity contribution in [1.29, 1.82) is 5.41 Å². The molecule has 1 heterocycles. The quantitative estimate of drug-likeness (QED) is 0.495. The van der Waals surface area contributed by atoms with Gasteiger partial charge in [0.2, 0.25) is 0 Å². The summed E-state index contributed by atoms with van der Waals surface area (Å²) in [5, 5.41) is 7.52. The summed E-state index contributed by atoms with van der Waals surface area (Å²) in [7, 11) is 0. The summed E-state index contributed by atoms with van der Waals surface area (Å²) in [4.78, 5) is 1.13. The topological polar surface area (TPSA) is 63.0 Å². The molecule has 2 rings (SSSR count). The summed E-state index contributed by atoms with van der Waals surface area (Å²) in [5.74, 6) is 1.83. The zero-order valence-corrected chi connectivity index (χ0v) is 10.4. The van der Waals surface area contributed by atoms with E-state index in [9.17, 15) is 0 Å². The third kappa shape index (κ3) is 2.71. The molecule has 1 aromatic heterocycles. The van der Waals surface area contributed by atoms with E-state index in [1.54, 1.807) is 18.0 Å². The summed E-state index contributed by atoms with van der Waals surface area (Å²) < 4.78 is 5.24. The molecule has 1 aromatic carbocycles. The van der Waals surface area contributed by atoms with E-state index in [1.807, 2.05) is 37.3 Å². The molecule has 0 saturated heterocycles. The second-order valence-electron chi connectivity index (χ2n) is 3.70. The van der Waals surface area contributed by atoms with Crippen molar-refractivity contribution in [3.63, 3.8) is 0 Å². The molecule has 3 N–H and O–H groups in total. The average Bonchev–Trinajstić information content (AvgIpc) is 2.72. The molecule has 17 heavy (non-hydrogen) atoms. The lowest BCUT2D eigenvalue weighted by atomic mass is 10.1. The van der Waals surface area contributed by atoms with E-state index >= 15 is 0 Å². The fourth-order valence-corrected chi connectivity index (χ4v) is 2.55. The van der Waals surface area contributed by atoms with E-state index in [0.717, 1.165) is 27.5 Å². The first-order valence-corrected chi connectivity index (χ1v) is 6.26. The van der Waals surface area contributed by atoms with Crippen LogP contribution in [0.25, 0.3) is 0 Å². The van der Waals surface area contributed by atoms with Crippen LogP contribution in [0.3, 0.4) is 0 Å². The minimum atomic E-state index is 0.116. The lowest BCUT2D eigenvalue weighted by molar-refractivity contribution is 0.527. The molecule has 0 atom stereocenters. The lowest BCUT2D eigenvalue weighted by Crippen LogP contribution is -2.13. The Kier molecular flexibility index (Phi) is 3.54. The Labute approximate surface area is 105 Å². The number of rotatable bonds is 4. The summed E-state index contributed by atoms with van der Waals surface area (Å²) in [6.07, 6.45) is 1.69. The Morgan fingerprint density at radius 2 is 2.12 bits per heavy atom. The number of nitrogens with two attached hydrogens (primary N) is 1. The number of nitrogen functional groups attached to an aromatic ring is 1. The highest BCUT2D eigenvalue weighted by Gasteiger charge is 2.07. The first-order valence-electron chi connectivity index (χ1n) is 5.27. The maximum absolute atomic E-state index is 7.52. The van der Waals surface area contributed by atoms with Crippen LogP contribution in [0, 0.1) is 12.3 Å². The highest BCUT2D eigenvalue weighted by atomic mass is 32.2. The molecule has 3 nitrogen and oxygen atoms in total. The van der Waals surface area contributed by atoms with Crippen molar-refractivity contribution >= 4 is 17.6 Å². The SMILES string of the molecule is Cc1occc1SCc1ccccc1C(=N)N. The second-order valence-corrected chi connectivity index (χ2v) is 4.72. The van der Waals surface area contributed by atoms with Gasteiger partial charge >= 0.3 is 0 Å². The molecule has 4 heteroatoms. The standard InChI is InChI=1S/C13H14N2OS/c1-9-12(6-7-16-9)17-8-10-4-2-3-5-11(10)13(14)15/h2-7H,8H2,1H3,(H3,14,15). The molecule has 0 radical (unpaired) electrons. The molecule has 2 aromatic rings. The van der Waals surface area contributed by atoms with Crippen molar-refractivity contribution < 1.29 is 4.42 Å². The second kappa shape index (κ2) is 5.10. The molecule has 0 bridgehead atoms. The molecule has 0 unspecified atom stereocenters. The number of amidine groups is 1. The maximum Gasteiger partial charge on any atom is 0.123 e. The smallest absolute Gasteiger partial charge is 0.123 e. The van der Waals surface area contributed by atoms with Gasteiger partial charge in [-0.3, -0.25) is 5.41 Å². The fraction of sp³-hybridized carbons (Fsp3) is 0.154. The lowest BCUT2D eigenvalue weighted by Gasteiger charge is -2.07. The van der Waals surface area contributed by atoms with Gasteiger partial charge in [-0.1, -0.05) is 24.3 Å². The van der Waals surface area contributed by atoms with Crippen LogP contribution in [0.4, 0.5) is 0 Å². The van der Waals surface area contributed by atoms with Gasteiger partial charge in [-0.15, -0.1) is 11.8 Å². The highest BCUT2D eigenvalue weighted by molar-refractivity contribution is 7.98. The molecule has 88 valence electrons.